The van der Waals surface area contributed by atoms with Crippen LogP contribution in [-0.4, -0.2) is 73.4 Å². The monoisotopic (exact) mass is 536 g/mol. The van der Waals surface area contributed by atoms with Gasteiger partial charge in [0.15, 0.2) is 0 Å². The number of nitrogens with zero attached hydrogens (tertiary/aromatic N) is 6. The first kappa shape index (κ1) is 26.0. The van der Waals surface area contributed by atoms with Gasteiger partial charge < -0.3 is 15.4 Å². The second-order valence-electron chi connectivity index (χ2n) is 9.68. The van der Waals surface area contributed by atoms with E-state index in [1.54, 1.807) is 36.3 Å². The predicted molar refractivity (Wildman–Crippen MR) is 147 cm³/mol. The largest absolute Gasteiger partial charge is 0.383 e. The fourth-order valence-electron chi connectivity index (χ4n) is 4.71. The number of ether oxygens (including phenoxy) is 1. The van der Waals surface area contributed by atoms with Crippen LogP contribution in [0.5, 0.6) is 0 Å². The van der Waals surface area contributed by atoms with Crippen LogP contribution in [-0.2, 0) is 16.1 Å². The topological polar surface area (TPSA) is 119 Å². The number of nitrogens with one attached hydrogen (secondary N) is 2. The molecular weight excluding hydrogens is 504 g/mol. The summed E-state index contributed by atoms with van der Waals surface area (Å²) in [4.78, 5) is 34.5. The maximum absolute atomic E-state index is 13.3. The van der Waals surface area contributed by atoms with Crippen LogP contribution in [0.15, 0.2) is 37.1 Å². The smallest absolute Gasteiger partial charge is 0.260 e. The second-order valence-corrected chi connectivity index (χ2v) is 10.7. The van der Waals surface area contributed by atoms with E-state index in [9.17, 15) is 9.59 Å². The summed E-state index contributed by atoms with van der Waals surface area (Å²) >= 11 is 1.47. The first-order chi connectivity index (χ1) is 18.3. The number of hydrogen-bond acceptors (Lipinski definition) is 8. The molecule has 1 fully saturated rings. The van der Waals surface area contributed by atoms with Gasteiger partial charge >= 0.3 is 0 Å². The first-order valence-electron chi connectivity index (χ1n) is 12.7. The average molecular weight is 537 g/mol. The summed E-state index contributed by atoms with van der Waals surface area (Å²) < 4.78 is 8.64. The van der Waals surface area contributed by atoms with Crippen molar-refractivity contribution in [3.8, 4) is 10.4 Å². The molecule has 2 amide bonds. The van der Waals surface area contributed by atoms with Crippen molar-refractivity contribution in [2.24, 2.45) is 0 Å². The highest BCUT2D eigenvalue weighted by molar-refractivity contribution is 7.21. The summed E-state index contributed by atoms with van der Waals surface area (Å²) in [5.74, 6) is -0.339. The number of carbonyl (C=O) groups is 2. The highest BCUT2D eigenvalue weighted by Gasteiger charge is 2.32. The van der Waals surface area contributed by atoms with Crippen LogP contribution in [0.2, 0.25) is 0 Å². The molecule has 2 N–H and O–H groups in total. The van der Waals surface area contributed by atoms with Gasteiger partial charge in [0.1, 0.15) is 4.83 Å². The molecule has 200 valence electrons. The fourth-order valence-corrected chi connectivity index (χ4v) is 5.74. The van der Waals surface area contributed by atoms with Crippen molar-refractivity contribution in [1.82, 2.24) is 29.3 Å². The van der Waals surface area contributed by atoms with Crippen molar-refractivity contribution < 1.29 is 14.3 Å². The Morgan fingerprint density at radius 2 is 2.03 bits per heavy atom. The molecule has 1 aliphatic rings. The van der Waals surface area contributed by atoms with Crippen LogP contribution >= 0.6 is 11.3 Å². The number of fused-ring (bicyclic) bond motifs is 1. The van der Waals surface area contributed by atoms with Gasteiger partial charge in [-0.25, -0.2) is 4.52 Å². The summed E-state index contributed by atoms with van der Waals surface area (Å²) in [6.07, 6.45) is 10.6. The molecule has 1 unspecified atom stereocenters. The van der Waals surface area contributed by atoms with Crippen molar-refractivity contribution in [3.63, 3.8) is 0 Å². The number of carbonyl (C=O) groups excluding carboxylic acids is 2. The fraction of sp³-hybridized carbons (Fsp3) is 0.423. The van der Waals surface area contributed by atoms with Gasteiger partial charge in [0.05, 0.1) is 65.3 Å². The Labute approximate surface area is 224 Å². The van der Waals surface area contributed by atoms with Crippen LogP contribution in [0.3, 0.4) is 0 Å². The van der Waals surface area contributed by atoms with Crippen LogP contribution in [0.1, 0.15) is 42.7 Å². The summed E-state index contributed by atoms with van der Waals surface area (Å²) in [6.45, 7) is 8.19. The quantitative estimate of drug-likeness (QED) is 0.335. The third-order valence-corrected chi connectivity index (χ3v) is 7.91. The maximum Gasteiger partial charge on any atom is 0.260 e. The summed E-state index contributed by atoms with van der Waals surface area (Å²) in [5.41, 5.74) is 3.15. The molecule has 12 heteroatoms. The van der Waals surface area contributed by atoms with Gasteiger partial charge in [0, 0.05) is 31.1 Å². The minimum Gasteiger partial charge on any atom is -0.383 e. The van der Waals surface area contributed by atoms with Gasteiger partial charge in [0.25, 0.3) is 5.91 Å². The molecule has 0 aliphatic carbocycles. The van der Waals surface area contributed by atoms with Gasteiger partial charge in [0.2, 0.25) is 5.91 Å². The van der Waals surface area contributed by atoms with Crippen molar-refractivity contribution >= 4 is 39.4 Å². The third kappa shape index (κ3) is 5.33. The number of anilines is 2. The molecular formula is C26H32N8O3S. The number of aryl methyl sites for hydroxylation is 1. The lowest BCUT2D eigenvalue weighted by molar-refractivity contribution is -0.120. The maximum atomic E-state index is 13.3. The molecule has 1 atom stereocenters. The SMILES string of the molecule is COCCn1cc(-c2cn3ncc(C(=O)Nc4cc(NC(=O)C5CCCN5C(C)C)cnc4C)c3s2)cn1. The Balaban J connectivity index is 1.31. The molecule has 0 bridgehead atoms. The highest BCUT2D eigenvalue weighted by atomic mass is 32.1. The molecule has 11 nitrogen and oxygen atoms in total. The normalized spacial score (nSPS) is 16.0. The Morgan fingerprint density at radius 1 is 1.18 bits per heavy atom. The van der Waals surface area contributed by atoms with Crippen molar-refractivity contribution in [1.29, 1.82) is 0 Å². The average Bonchev–Trinajstić information content (AvgIpc) is 3.68. The molecule has 0 aromatic carbocycles. The van der Waals surface area contributed by atoms with Gasteiger partial charge in [-0.05, 0) is 46.2 Å². The molecule has 38 heavy (non-hydrogen) atoms. The standard InChI is InChI=1S/C26H32N8O3S/c1-16(2)33-7-5-6-22(33)25(36)30-19-10-21(17(3)27-12-19)31-24(35)20-13-29-34-15-23(38-26(20)34)18-11-28-32(14-18)8-9-37-4/h10-16,22H,5-9H2,1-4H3,(H,30,36)(H,31,35). The third-order valence-electron chi connectivity index (χ3n) is 6.75. The minimum atomic E-state index is -0.292. The number of pyridine rings is 1. The minimum absolute atomic E-state index is 0.0471. The molecule has 5 heterocycles. The van der Waals surface area contributed by atoms with E-state index in [0.29, 0.717) is 41.8 Å². The number of likely N-dealkylation sites (tertiary alicyclic amines) is 1. The molecule has 1 aliphatic heterocycles. The molecule has 4 aromatic rings. The molecule has 1 saturated heterocycles. The van der Waals surface area contributed by atoms with Crippen LogP contribution < -0.4 is 10.6 Å². The van der Waals surface area contributed by atoms with Crippen LogP contribution in [0.25, 0.3) is 15.3 Å². The Hall–Kier alpha value is -3.61. The van der Waals surface area contributed by atoms with Crippen molar-refractivity contribution in [3.05, 3.63) is 48.3 Å². The Morgan fingerprint density at radius 3 is 2.82 bits per heavy atom. The van der Waals surface area contributed by atoms with Gasteiger partial charge in [-0.3, -0.25) is 24.2 Å². The van der Waals surface area contributed by atoms with Crippen molar-refractivity contribution in [2.45, 2.75) is 52.2 Å². The van der Waals surface area contributed by atoms with Gasteiger partial charge in [-0.2, -0.15) is 10.2 Å². The Bertz CT molecular complexity index is 1460. The number of thiazole rings is 1. The van der Waals surface area contributed by atoms with Crippen molar-refractivity contribution in [2.75, 3.05) is 30.9 Å². The van der Waals surface area contributed by atoms with Gasteiger partial charge in [-0.1, -0.05) is 0 Å². The number of rotatable bonds is 9. The highest BCUT2D eigenvalue weighted by Crippen LogP contribution is 2.31. The van der Waals surface area contributed by atoms with E-state index in [0.717, 1.165) is 34.7 Å². The van der Waals surface area contributed by atoms with Gasteiger partial charge in [-0.15, -0.1) is 11.3 Å². The van der Waals surface area contributed by atoms with E-state index in [-0.39, 0.29) is 17.9 Å². The molecule has 4 aromatic heterocycles. The van der Waals surface area contributed by atoms with E-state index in [1.165, 1.54) is 11.3 Å². The van der Waals surface area contributed by atoms with E-state index in [2.05, 4.69) is 44.6 Å². The summed E-state index contributed by atoms with van der Waals surface area (Å²) in [6, 6.07) is 1.90. The Kier molecular flexibility index (Phi) is 7.54. The predicted octanol–water partition coefficient (Wildman–Crippen LogP) is 3.67. The van der Waals surface area contributed by atoms with Crippen LogP contribution in [0.4, 0.5) is 11.4 Å². The molecule has 0 radical (unpaired) electrons. The summed E-state index contributed by atoms with van der Waals surface area (Å²) in [7, 11) is 1.66. The summed E-state index contributed by atoms with van der Waals surface area (Å²) in [5, 5.41) is 14.7. The number of aromatic nitrogens is 5. The number of methoxy groups -OCH3 is 1. The molecule has 0 spiro atoms. The molecule has 5 rings (SSSR count). The van der Waals surface area contributed by atoms with E-state index >= 15 is 0 Å². The van der Waals surface area contributed by atoms with E-state index in [1.807, 2.05) is 24.0 Å². The second kappa shape index (κ2) is 11.0. The lowest BCUT2D eigenvalue weighted by atomic mass is 10.2. The lowest BCUT2D eigenvalue weighted by Crippen LogP contribution is -2.43. The number of hydrogen-bond donors (Lipinski definition) is 2. The zero-order valence-electron chi connectivity index (χ0n) is 22.0. The van der Waals surface area contributed by atoms with E-state index in [4.69, 9.17) is 4.74 Å². The first-order valence-corrected chi connectivity index (χ1v) is 13.5. The lowest BCUT2D eigenvalue weighted by Gasteiger charge is -2.27. The molecule has 0 saturated carbocycles. The van der Waals surface area contributed by atoms with Crippen LogP contribution in [0, 0.1) is 6.92 Å². The van der Waals surface area contributed by atoms with E-state index < -0.39 is 0 Å². The number of amides is 2. The zero-order chi connectivity index (χ0) is 26.8. The zero-order valence-corrected chi connectivity index (χ0v) is 22.8.